The maximum atomic E-state index is 10.8. The average Bonchev–Trinajstić information content (AvgIpc) is 2.51. The second-order valence-electron chi connectivity index (χ2n) is 4.77. The minimum Gasteiger partial charge on any atom is -0.478 e. The number of benzene rings is 1. The van der Waals surface area contributed by atoms with Crippen LogP contribution < -0.4 is 5.32 Å². The fourth-order valence-corrected chi connectivity index (χ4v) is 2.02. The molecule has 1 atom stereocenters. The second kappa shape index (κ2) is 10.3. The van der Waals surface area contributed by atoms with E-state index < -0.39 is 12.2 Å². The summed E-state index contributed by atoms with van der Waals surface area (Å²) in [4.78, 5) is 10.8. The Balaban J connectivity index is 2.33. The third kappa shape index (κ3) is 6.53. The molecule has 0 heterocycles. The van der Waals surface area contributed by atoms with Crippen molar-refractivity contribution in [3.8, 4) is 0 Å². The lowest BCUT2D eigenvalue weighted by atomic mass is 10.1. The highest BCUT2D eigenvalue weighted by atomic mass is 16.7. The third-order valence-corrected chi connectivity index (χ3v) is 3.13. The van der Waals surface area contributed by atoms with Crippen molar-refractivity contribution >= 4 is 5.97 Å². The number of hydrogen-bond donors (Lipinski definition) is 3. The molecule has 1 aromatic rings. The average molecular weight is 311 g/mol. The molecule has 1 rings (SSSR count). The Hall–Kier alpha value is -1.47. The normalized spacial score (nSPS) is 12.5. The molecule has 1 unspecified atom stereocenters. The first-order valence-corrected chi connectivity index (χ1v) is 7.56. The Morgan fingerprint density at radius 2 is 1.77 bits per heavy atom. The number of nitrogens with one attached hydrogen (secondary N) is 1. The quantitative estimate of drug-likeness (QED) is 0.429. The summed E-state index contributed by atoms with van der Waals surface area (Å²) in [5.74, 6) is -0.980. The maximum absolute atomic E-state index is 10.8. The van der Waals surface area contributed by atoms with Crippen LogP contribution in [0.5, 0.6) is 0 Å². The summed E-state index contributed by atoms with van der Waals surface area (Å²) in [7, 11) is 0. The molecule has 124 valence electrons. The summed E-state index contributed by atoms with van der Waals surface area (Å²) < 4.78 is 10.9. The van der Waals surface area contributed by atoms with Crippen molar-refractivity contribution in [2.75, 3.05) is 19.8 Å². The van der Waals surface area contributed by atoms with Gasteiger partial charge in [-0.3, -0.25) is 5.32 Å². The van der Waals surface area contributed by atoms with E-state index in [-0.39, 0.29) is 11.9 Å². The Morgan fingerprint density at radius 1 is 1.18 bits per heavy atom. The van der Waals surface area contributed by atoms with Crippen molar-refractivity contribution in [2.24, 2.45) is 0 Å². The highest BCUT2D eigenvalue weighted by Gasteiger charge is 2.10. The lowest BCUT2D eigenvalue weighted by molar-refractivity contribution is -0.140. The van der Waals surface area contributed by atoms with Crippen LogP contribution in [0.25, 0.3) is 0 Å². The van der Waals surface area contributed by atoms with Crippen molar-refractivity contribution in [3.05, 3.63) is 35.4 Å². The van der Waals surface area contributed by atoms with Crippen molar-refractivity contribution in [3.63, 3.8) is 0 Å². The summed E-state index contributed by atoms with van der Waals surface area (Å²) in [6.45, 7) is 5.68. The number of carboxylic acid groups (broad SMARTS) is 1. The van der Waals surface area contributed by atoms with Gasteiger partial charge in [-0.25, -0.2) is 4.79 Å². The van der Waals surface area contributed by atoms with Gasteiger partial charge in [-0.1, -0.05) is 12.1 Å². The molecule has 0 amide bonds. The molecule has 6 heteroatoms. The highest BCUT2D eigenvalue weighted by Crippen LogP contribution is 2.12. The predicted octanol–water partition coefficient (Wildman–Crippen LogP) is 2.14. The molecule has 0 spiro atoms. The summed E-state index contributed by atoms with van der Waals surface area (Å²) in [6.07, 6.45) is 0.526. The maximum Gasteiger partial charge on any atom is 0.335 e. The first-order valence-electron chi connectivity index (χ1n) is 7.56. The lowest BCUT2D eigenvalue weighted by Gasteiger charge is -2.18. The number of carbonyl (C=O) groups is 1. The van der Waals surface area contributed by atoms with Gasteiger partial charge < -0.3 is 19.7 Å². The van der Waals surface area contributed by atoms with Gasteiger partial charge in [-0.2, -0.15) is 0 Å². The first-order chi connectivity index (χ1) is 10.6. The molecule has 0 bridgehead atoms. The van der Waals surface area contributed by atoms with Gasteiger partial charge in [0.2, 0.25) is 0 Å². The zero-order valence-corrected chi connectivity index (χ0v) is 13.1. The van der Waals surface area contributed by atoms with E-state index in [0.717, 1.165) is 12.8 Å². The molecular formula is C16H25NO5. The van der Waals surface area contributed by atoms with E-state index in [2.05, 4.69) is 5.32 Å². The summed E-state index contributed by atoms with van der Waals surface area (Å²) in [5.41, 5.74) is 0.836. The lowest BCUT2D eigenvalue weighted by Crippen LogP contribution is -2.24. The van der Waals surface area contributed by atoms with E-state index in [1.807, 2.05) is 13.8 Å². The minimum absolute atomic E-state index is 0.201. The SMILES string of the molecule is CCOC(CCCNC(O)c1ccc(C(=O)O)cc1)OCC. The van der Waals surface area contributed by atoms with Crippen molar-refractivity contribution in [1.29, 1.82) is 0 Å². The van der Waals surface area contributed by atoms with Gasteiger partial charge in [0, 0.05) is 13.2 Å². The van der Waals surface area contributed by atoms with Gasteiger partial charge in [0.15, 0.2) is 6.29 Å². The topological polar surface area (TPSA) is 88.0 Å². The molecule has 0 aliphatic rings. The number of hydrogen-bond acceptors (Lipinski definition) is 5. The Bertz CT molecular complexity index is 429. The molecule has 0 aromatic heterocycles. The molecule has 1 aromatic carbocycles. The fraction of sp³-hybridized carbons (Fsp3) is 0.562. The van der Waals surface area contributed by atoms with E-state index >= 15 is 0 Å². The smallest absolute Gasteiger partial charge is 0.335 e. The Kier molecular flexibility index (Phi) is 8.69. The largest absolute Gasteiger partial charge is 0.478 e. The van der Waals surface area contributed by atoms with Gasteiger partial charge in [-0.15, -0.1) is 0 Å². The summed E-state index contributed by atoms with van der Waals surface area (Å²) in [6, 6.07) is 6.15. The number of ether oxygens (including phenoxy) is 2. The molecule has 3 N–H and O–H groups in total. The molecule has 0 saturated heterocycles. The number of aliphatic hydroxyl groups excluding tert-OH is 1. The van der Waals surface area contributed by atoms with Crippen molar-refractivity contribution < 1.29 is 24.5 Å². The standard InChI is InChI=1S/C16H25NO5/c1-3-21-14(22-4-2)6-5-11-17-15(18)12-7-9-13(10-8-12)16(19)20/h7-10,14-15,17-18H,3-6,11H2,1-2H3,(H,19,20). The number of aromatic carboxylic acids is 1. The van der Waals surface area contributed by atoms with Crippen LogP contribution in [-0.4, -0.2) is 42.2 Å². The van der Waals surface area contributed by atoms with Crippen LogP contribution in [-0.2, 0) is 9.47 Å². The summed E-state index contributed by atoms with van der Waals surface area (Å²) >= 11 is 0. The molecule has 0 fully saturated rings. The van der Waals surface area contributed by atoms with Gasteiger partial charge in [0.1, 0.15) is 6.23 Å². The molecular weight excluding hydrogens is 286 g/mol. The van der Waals surface area contributed by atoms with Crippen LogP contribution in [0.1, 0.15) is 48.8 Å². The predicted molar refractivity (Wildman–Crippen MR) is 82.6 cm³/mol. The molecule has 0 radical (unpaired) electrons. The first kappa shape index (κ1) is 18.6. The van der Waals surface area contributed by atoms with Crippen LogP contribution in [0.15, 0.2) is 24.3 Å². The van der Waals surface area contributed by atoms with Crippen LogP contribution in [0.3, 0.4) is 0 Å². The minimum atomic E-state index is -0.980. The molecule has 0 aliphatic carbocycles. The molecule has 22 heavy (non-hydrogen) atoms. The highest BCUT2D eigenvalue weighted by molar-refractivity contribution is 5.87. The Morgan fingerprint density at radius 3 is 2.27 bits per heavy atom. The molecule has 6 nitrogen and oxygen atoms in total. The monoisotopic (exact) mass is 311 g/mol. The zero-order chi connectivity index (χ0) is 16.4. The molecule has 0 saturated carbocycles. The number of rotatable bonds is 11. The number of carboxylic acids is 1. The van der Waals surface area contributed by atoms with Crippen molar-refractivity contribution in [1.82, 2.24) is 5.32 Å². The third-order valence-electron chi connectivity index (χ3n) is 3.13. The van der Waals surface area contributed by atoms with E-state index in [4.69, 9.17) is 14.6 Å². The van der Waals surface area contributed by atoms with Crippen LogP contribution in [0, 0.1) is 0 Å². The van der Waals surface area contributed by atoms with Gasteiger partial charge >= 0.3 is 5.97 Å². The molecule has 0 aliphatic heterocycles. The van der Waals surface area contributed by atoms with E-state index in [0.29, 0.717) is 25.3 Å². The second-order valence-corrected chi connectivity index (χ2v) is 4.77. The van der Waals surface area contributed by atoms with Crippen LogP contribution >= 0.6 is 0 Å². The summed E-state index contributed by atoms with van der Waals surface area (Å²) in [5, 5.41) is 21.8. The Labute approximate surface area is 131 Å². The van der Waals surface area contributed by atoms with Crippen molar-refractivity contribution in [2.45, 2.75) is 39.2 Å². The fourth-order valence-electron chi connectivity index (χ4n) is 2.02. The van der Waals surface area contributed by atoms with Gasteiger partial charge in [0.25, 0.3) is 0 Å². The van der Waals surface area contributed by atoms with E-state index in [9.17, 15) is 9.90 Å². The van der Waals surface area contributed by atoms with E-state index in [1.165, 1.54) is 12.1 Å². The number of aliphatic hydroxyl groups is 1. The van der Waals surface area contributed by atoms with Crippen LogP contribution in [0.4, 0.5) is 0 Å². The van der Waals surface area contributed by atoms with Crippen LogP contribution in [0.2, 0.25) is 0 Å². The zero-order valence-electron chi connectivity index (χ0n) is 13.1. The van der Waals surface area contributed by atoms with Gasteiger partial charge in [-0.05, 0) is 50.9 Å². The van der Waals surface area contributed by atoms with E-state index in [1.54, 1.807) is 12.1 Å². The van der Waals surface area contributed by atoms with Gasteiger partial charge in [0.05, 0.1) is 5.56 Å².